The highest BCUT2D eigenvalue weighted by Gasteiger charge is 2.02. The van der Waals surface area contributed by atoms with Crippen LogP contribution in [-0.4, -0.2) is 5.94 Å². The van der Waals surface area contributed by atoms with Crippen LogP contribution in [0.25, 0.3) is 0 Å². The summed E-state index contributed by atoms with van der Waals surface area (Å²) in [6.45, 7) is 0.412. The second-order valence-corrected chi connectivity index (χ2v) is 2.95. The summed E-state index contributed by atoms with van der Waals surface area (Å²) < 4.78 is 5.08. The molecule has 0 unspecified atom stereocenters. The average molecular weight is 204 g/mol. The molecule has 0 bridgehead atoms. The molecule has 0 radical (unpaired) electrons. The second kappa shape index (κ2) is 4.60. The Hall–Kier alpha value is -0.380. The van der Waals surface area contributed by atoms with Gasteiger partial charge in [0.1, 0.15) is 0 Å². The summed E-state index contributed by atoms with van der Waals surface area (Å²) in [5.41, 5.74) is 7.16. The van der Waals surface area contributed by atoms with Crippen molar-refractivity contribution in [3.05, 3.63) is 28.8 Å². The maximum absolute atomic E-state index is 5.88. The number of thiol groups is 1. The Labute approximate surface area is 82.1 Å². The summed E-state index contributed by atoms with van der Waals surface area (Å²) in [6, 6.07) is 5.39. The summed E-state index contributed by atoms with van der Waals surface area (Å²) in [7, 11) is 0. The Morgan fingerprint density at radius 3 is 2.83 bits per heavy atom. The number of nitrogens with two attached hydrogens (primary N) is 1. The molecule has 0 saturated heterocycles. The lowest BCUT2D eigenvalue weighted by Gasteiger charge is -2.06. The van der Waals surface area contributed by atoms with Gasteiger partial charge in [0, 0.05) is 16.3 Å². The van der Waals surface area contributed by atoms with Crippen molar-refractivity contribution in [2.45, 2.75) is 6.61 Å². The van der Waals surface area contributed by atoms with Gasteiger partial charge in [0.05, 0.1) is 12.5 Å². The van der Waals surface area contributed by atoms with Gasteiger partial charge in [0.2, 0.25) is 0 Å². The third-order valence-corrected chi connectivity index (χ3v) is 2.03. The van der Waals surface area contributed by atoms with E-state index in [9.17, 15) is 0 Å². The van der Waals surface area contributed by atoms with Crippen LogP contribution in [0.1, 0.15) is 5.56 Å². The molecule has 0 spiro atoms. The van der Waals surface area contributed by atoms with Crippen LogP contribution in [0, 0.1) is 0 Å². The zero-order valence-electron chi connectivity index (χ0n) is 6.46. The molecule has 0 aliphatic heterocycles. The number of rotatable bonds is 3. The molecule has 0 aliphatic carbocycles. The molecule has 2 N–H and O–H groups in total. The summed E-state index contributed by atoms with van der Waals surface area (Å²) in [5.74, 6) is 0.366. The van der Waals surface area contributed by atoms with E-state index in [1.54, 1.807) is 12.1 Å². The maximum Gasteiger partial charge on any atom is 0.0897 e. The SMILES string of the molecule is Nc1cccc(Cl)c1COCS. The van der Waals surface area contributed by atoms with Crippen LogP contribution in [-0.2, 0) is 11.3 Å². The predicted octanol–water partition coefficient (Wildman–Crippen LogP) is 2.33. The Morgan fingerprint density at radius 2 is 2.25 bits per heavy atom. The van der Waals surface area contributed by atoms with Crippen molar-refractivity contribution in [2.75, 3.05) is 11.7 Å². The summed E-state index contributed by atoms with van der Waals surface area (Å²) in [5, 5.41) is 0.636. The summed E-state index contributed by atoms with van der Waals surface area (Å²) >= 11 is 9.79. The zero-order chi connectivity index (χ0) is 8.97. The van der Waals surface area contributed by atoms with Gasteiger partial charge in [-0.3, -0.25) is 0 Å². The Morgan fingerprint density at radius 1 is 1.50 bits per heavy atom. The monoisotopic (exact) mass is 203 g/mol. The molecule has 12 heavy (non-hydrogen) atoms. The fourth-order valence-corrected chi connectivity index (χ4v) is 1.20. The smallest absolute Gasteiger partial charge is 0.0897 e. The third-order valence-electron chi connectivity index (χ3n) is 1.49. The molecule has 0 aromatic heterocycles. The Bertz CT molecular complexity index is 247. The van der Waals surface area contributed by atoms with E-state index < -0.39 is 0 Å². The summed E-state index contributed by atoms with van der Waals surface area (Å²) in [6.07, 6.45) is 0. The molecule has 4 heteroatoms. The standard InChI is InChI=1S/C8H10ClNOS/c9-7-2-1-3-8(10)6(7)4-11-5-12/h1-3,12H,4-5,10H2. The van der Waals surface area contributed by atoms with E-state index in [0.717, 1.165) is 5.56 Å². The van der Waals surface area contributed by atoms with Gasteiger partial charge in [-0.05, 0) is 12.1 Å². The number of halogens is 1. The van der Waals surface area contributed by atoms with Crippen LogP contribution in [0.15, 0.2) is 18.2 Å². The quantitative estimate of drug-likeness (QED) is 0.449. The molecule has 0 atom stereocenters. The molecule has 1 rings (SSSR count). The van der Waals surface area contributed by atoms with Crippen LogP contribution in [0.5, 0.6) is 0 Å². The van der Waals surface area contributed by atoms with Crippen molar-refractivity contribution in [3.63, 3.8) is 0 Å². The molecule has 1 aromatic rings. The minimum atomic E-state index is 0.366. The molecule has 0 aliphatic rings. The molecular weight excluding hydrogens is 194 g/mol. The molecule has 0 heterocycles. The predicted molar refractivity (Wildman–Crippen MR) is 54.5 cm³/mol. The van der Waals surface area contributed by atoms with E-state index >= 15 is 0 Å². The number of hydrogen-bond donors (Lipinski definition) is 2. The normalized spacial score (nSPS) is 10.2. The van der Waals surface area contributed by atoms with Crippen molar-refractivity contribution >= 4 is 29.9 Å². The Balaban J connectivity index is 2.81. The lowest BCUT2D eigenvalue weighted by Crippen LogP contribution is -1.97. The number of anilines is 1. The van der Waals surface area contributed by atoms with Crippen LogP contribution < -0.4 is 5.73 Å². The van der Waals surface area contributed by atoms with Gasteiger partial charge in [-0.1, -0.05) is 17.7 Å². The highest BCUT2D eigenvalue weighted by molar-refractivity contribution is 7.80. The molecule has 0 amide bonds. The van der Waals surface area contributed by atoms with E-state index in [4.69, 9.17) is 22.1 Å². The van der Waals surface area contributed by atoms with Crippen molar-refractivity contribution in [3.8, 4) is 0 Å². The number of hydrogen-bond acceptors (Lipinski definition) is 3. The number of benzene rings is 1. The molecule has 0 fully saturated rings. The van der Waals surface area contributed by atoms with Gasteiger partial charge in [-0.25, -0.2) is 0 Å². The van der Waals surface area contributed by atoms with Crippen LogP contribution in [0.2, 0.25) is 5.02 Å². The minimum Gasteiger partial charge on any atom is -0.398 e. The molecule has 0 saturated carbocycles. The second-order valence-electron chi connectivity index (χ2n) is 2.29. The van der Waals surface area contributed by atoms with Crippen molar-refractivity contribution in [1.29, 1.82) is 0 Å². The highest BCUT2D eigenvalue weighted by atomic mass is 35.5. The first-order chi connectivity index (χ1) is 5.75. The largest absolute Gasteiger partial charge is 0.398 e. The fraction of sp³-hybridized carbons (Fsp3) is 0.250. The van der Waals surface area contributed by atoms with Gasteiger partial charge in [0.15, 0.2) is 0 Å². The van der Waals surface area contributed by atoms with Crippen molar-refractivity contribution in [1.82, 2.24) is 0 Å². The van der Waals surface area contributed by atoms with Crippen molar-refractivity contribution < 1.29 is 4.74 Å². The number of ether oxygens (including phenoxy) is 1. The van der Waals surface area contributed by atoms with Gasteiger partial charge in [-0.15, -0.1) is 0 Å². The lowest BCUT2D eigenvalue weighted by atomic mass is 10.2. The van der Waals surface area contributed by atoms with E-state index in [-0.39, 0.29) is 0 Å². The van der Waals surface area contributed by atoms with Gasteiger partial charge in [0.25, 0.3) is 0 Å². The molecule has 66 valence electrons. The molecule has 2 nitrogen and oxygen atoms in total. The first-order valence-corrected chi connectivity index (χ1v) is 4.48. The fourth-order valence-electron chi connectivity index (χ4n) is 0.875. The van der Waals surface area contributed by atoms with Crippen LogP contribution in [0.4, 0.5) is 5.69 Å². The topological polar surface area (TPSA) is 35.2 Å². The average Bonchev–Trinajstić information content (AvgIpc) is 2.04. The van der Waals surface area contributed by atoms with E-state index in [2.05, 4.69) is 12.6 Å². The van der Waals surface area contributed by atoms with Gasteiger partial charge in [-0.2, -0.15) is 12.6 Å². The maximum atomic E-state index is 5.88. The van der Waals surface area contributed by atoms with Crippen molar-refractivity contribution in [2.24, 2.45) is 0 Å². The summed E-state index contributed by atoms with van der Waals surface area (Å²) in [4.78, 5) is 0. The number of nitrogen functional groups attached to an aromatic ring is 1. The third kappa shape index (κ3) is 2.30. The Kier molecular flexibility index (Phi) is 3.72. The van der Waals surface area contributed by atoms with E-state index in [0.29, 0.717) is 23.3 Å². The van der Waals surface area contributed by atoms with E-state index in [1.807, 2.05) is 6.07 Å². The first kappa shape index (κ1) is 9.71. The van der Waals surface area contributed by atoms with Gasteiger partial charge >= 0.3 is 0 Å². The molecule has 1 aromatic carbocycles. The highest BCUT2D eigenvalue weighted by Crippen LogP contribution is 2.22. The van der Waals surface area contributed by atoms with Crippen LogP contribution >= 0.6 is 24.2 Å². The minimum absolute atomic E-state index is 0.366. The molecular formula is C8H10ClNOS. The van der Waals surface area contributed by atoms with E-state index in [1.165, 1.54) is 0 Å². The first-order valence-electron chi connectivity index (χ1n) is 3.47. The van der Waals surface area contributed by atoms with Crippen LogP contribution in [0.3, 0.4) is 0 Å². The lowest BCUT2D eigenvalue weighted by molar-refractivity contribution is 0.171. The van der Waals surface area contributed by atoms with Gasteiger partial charge < -0.3 is 10.5 Å². The zero-order valence-corrected chi connectivity index (χ0v) is 8.11.